The molecule has 0 fully saturated rings. The summed E-state index contributed by atoms with van der Waals surface area (Å²) in [7, 11) is 0. The highest BCUT2D eigenvalue weighted by atomic mass is 16.5. The van der Waals surface area contributed by atoms with E-state index >= 15 is 0 Å². The molecule has 0 aliphatic carbocycles. The van der Waals surface area contributed by atoms with Crippen LogP contribution in [-0.2, 0) is 6.42 Å². The molecule has 1 aliphatic rings. The molecule has 0 bridgehead atoms. The Morgan fingerprint density at radius 1 is 1.06 bits per heavy atom. The number of hydrogen-bond acceptors (Lipinski definition) is 2. The summed E-state index contributed by atoms with van der Waals surface area (Å²) in [4.78, 5) is 0. The van der Waals surface area contributed by atoms with Crippen LogP contribution in [0, 0.1) is 0 Å². The Labute approximate surface area is 107 Å². The van der Waals surface area contributed by atoms with Crippen LogP contribution in [0.3, 0.4) is 0 Å². The summed E-state index contributed by atoms with van der Waals surface area (Å²) in [5.41, 5.74) is 9.89. The second-order valence-electron chi connectivity index (χ2n) is 4.78. The van der Waals surface area contributed by atoms with Crippen LogP contribution in [0.1, 0.15) is 29.2 Å². The molecule has 18 heavy (non-hydrogen) atoms. The maximum atomic E-state index is 6.13. The Balaban J connectivity index is 1.88. The van der Waals surface area contributed by atoms with Crippen LogP contribution < -0.4 is 10.5 Å². The SMILES string of the molecule is NC1CCOc2ccc(Cc3ccccc3)cc21. The lowest BCUT2D eigenvalue weighted by Gasteiger charge is -2.23. The summed E-state index contributed by atoms with van der Waals surface area (Å²) in [5, 5.41) is 0. The summed E-state index contributed by atoms with van der Waals surface area (Å²) in [6, 6.07) is 17.0. The number of benzene rings is 2. The van der Waals surface area contributed by atoms with Crippen LogP contribution >= 0.6 is 0 Å². The Morgan fingerprint density at radius 2 is 1.89 bits per heavy atom. The third-order valence-corrected chi connectivity index (χ3v) is 3.41. The highest BCUT2D eigenvalue weighted by molar-refractivity contribution is 5.42. The number of fused-ring (bicyclic) bond motifs is 1. The van der Waals surface area contributed by atoms with Gasteiger partial charge in [-0.1, -0.05) is 42.5 Å². The normalized spacial score (nSPS) is 17.9. The predicted octanol–water partition coefficient (Wildman–Crippen LogP) is 3.06. The molecule has 2 nitrogen and oxygen atoms in total. The van der Waals surface area contributed by atoms with Gasteiger partial charge in [0.15, 0.2) is 0 Å². The van der Waals surface area contributed by atoms with Crippen molar-refractivity contribution < 1.29 is 4.74 Å². The standard InChI is InChI=1S/C16H17NO/c17-15-8-9-18-16-7-6-13(11-14(15)16)10-12-4-2-1-3-5-12/h1-7,11,15H,8-10,17H2. The maximum Gasteiger partial charge on any atom is 0.124 e. The van der Waals surface area contributed by atoms with Crippen molar-refractivity contribution in [2.75, 3.05) is 6.61 Å². The van der Waals surface area contributed by atoms with Gasteiger partial charge in [0, 0.05) is 18.0 Å². The summed E-state index contributed by atoms with van der Waals surface area (Å²) in [5.74, 6) is 0.950. The Morgan fingerprint density at radius 3 is 2.72 bits per heavy atom. The van der Waals surface area contributed by atoms with E-state index in [1.807, 2.05) is 12.1 Å². The Hall–Kier alpha value is -1.80. The molecule has 0 spiro atoms. The van der Waals surface area contributed by atoms with E-state index in [-0.39, 0.29) is 6.04 Å². The topological polar surface area (TPSA) is 35.2 Å². The minimum atomic E-state index is 0.115. The molecule has 0 saturated heterocycles. The quantitative estimate of drug-likeness (QED) is 0.874. The van der Waals surface area contributed by atoms with Crippen molar-refractivity contribution in [3.8, 4) is 5.75 Å². The maximum absolute atomic E-state index is 6.13. The molecule has 2 aromatic rings. The third-order valence-electron chi connectivity index (χ3n) is 3.41. The molecule has 0 amide bonds. The fourth-order valence-electron chi connectivity index (χ4n) is 2.41. The molecule has 2 aromatic carbocycles. The molecule has 0 radical (unpaired) electrons. The van der Waals surface area contributed by atoms with Crippen LogP contribution in [0.15, 0.2) is 48.5 Å². The van der Waals surface area contributed by atoms with Crippen LogP contribution in [0.4, 0.5) is 0 Å². The number of rotatable bonds is 2. The monoisotopic (exact) mass is 239 g/mol. The zero-order valence-corrected chi connectivity index (χ0v) is 10.3. The number of hydrogen-bond donors (Lipinski definition) is 1. The largest absolute Gasteiger partial charge is 0.493 e. The molecule has 1 unspecified atom stereocenters. The van der Waals surface area contributed by atoms with Gasteiger partial charge in [-0.05, 0) is 23.6 Å². The van der Waals surface area contributed by atoms with E-state index in [9.17, 15) is 0 Å². The van der Waals surface area contributed by atoms with Gasteiger partial charge in [-0.2, -0.15) is 0 Å². The Kier molecular flexibility index (Phi) is 3.03. The van der Waals surface area contributed by atoms with Crippen molar-refractivity contribution in [2.24, 2.45) is 5.73 Å². The van der Waals surface area contributed by atoms with Crippen molar-refractivity contribution in [3.63, 3.8) is 0 Å². The van der Waals surface area contributed by atoms with Crippen molar-refractivity contribution in [3.05, 3.63) is 65.2 Å². The summed E-state index contributed by atoms with van der Waals surface area (Å²) in [6.07, 6.45) is 1.85. The zero-order chi connectivity index (χ0) is 12.4. The van der Waals surface area contributed by atoms with Crippen LogP contribution in [0.25, 0.3) is 0 Å². The third kappa shape index (κ3) is 2.24. The molecule has 2 N–H and O–H groups in total. The van der Waals surface area contributed by atoms with Crippen LogP contribution in [0.2, 0.25) is 0 Å². The first-order valence-electron chi connectivity index (χ1n) is 6.38. The second-order valence-corrected chi connectivity index (χ2v) is 4.78. The van der Waals surface area contributed by atoms with Gasteiger partial charge in [-0.25, -0.2) is 0 Å². The van der Waals surface area contributed by atoms with Gasteiger partial charge in [-0.3, -0.25) is 0 Å². The lowest BCUT2D eigenvalue weighted by molar-refractivity contribution is 0.269. The van der Waals surface area contributed by atoms with E-state index in [2.05, 4.69) is 36.4 Å². The van der Waals surface area contributed by atoms with Crippen molar-refractivity contribution in [2.45, 2.75) is 18.9 Å². The van der Waals surface area contributed by atoms with E-state index in [0.717, 1.165) is 30.8 Å². The van der Waals surface area contributed by atoms with Gasteiger partial charge >= 0.3 is 0 Å². The zero-order valence-electron chi connectivity index (χ0n) is 10.3. The van der Waals surface area contributed by atoms with Gasteiger partial charge in [-0.15, -0.1) is 0 Å². The minimum absolute atomic E-state index is 0.115. The van der Waals surface area contributed by atoms with Gasteiger partial charge in [0.1, 0.15) is 5.75 Å². The average molecular weight is 239 g/mol. The highest BCUT2D eigenvalue weighted by Gasteiger charge is 2.18. The summed E-state index contributed by atoms with van der Waals surface area (Å²) in [6.45, 7) is 0.728. The number of nitrogens with two attached hydrogens (primary N) is 1. The van der Waals surface area contributed by atoms with Gasteiger partial charge in [0.05, 0.1) is 6.61 Å². The van der Waals surface area contributed by atoms with Crippen LogP contribution in [-0.4, -0.2) is 6.61 Å². The molecular formula is C16H17NO. The summed E-state index contributed by atoms with van der Waals surface area (Å²) >= 11 is 0. The molecule has 3 rings (SSSR count). The molecule has 2 heteroatoms. The second kappa shape index (κ2) is 4.83. The predicted molar refractivity (Wildman–Crippen MR) is 72.7 cm³/mol. The summed E-state index contributed by atoms with van der Waals surface area (Å²) < 4.78 is 5.62. The van der Waals surface area contributed by atoms with Crippen molar-refractivity contribution in [1.29, 1.82) is 0 Å². The smallest absolute Gasteiger partial charge is 0.124 e. The first kappa shape index (κ1) is 11.3. The minimum Gasteiger partial charge on any atom is -0.493 e. The molecule has 1 aliphatic heterocycles. The first-order valence-corrected chi connectivity index (χ1v) is 6.38. The number of ether oxygens (including phenoxy) is 1. The van der Waals surface area contributed by atoms with E-state index in [1.165, 1.54) is 11.1 Å². The average Bonchev–Trinajstić information content (AvgIpc) is 2.41. The van der Waals surface area contributed by atoms with E-state index in [0.29, 0.717) is 0 Å². The van der Waals surface area contributed by atoms with E-state index in [4.69, 9.17) is 10.5 Å². The van der Waals surface area contributed by atoms with Crippen LogP contribution in [0.5, 0.6) is 5.75 Å². The molecular weight excluding hydrogens is 222 g/mol. The van der Waals surface area contributed by atoms with E-state index in [1.54, 1.807) is 0 Å². The molecule has 0 aromatic heterocycles. The van der Waals surface area contributed by atoms with Gasteiger partial charge in [0.2, 0.25) is 0 Å². The first-order chi connectivity index (χ1) is 8.83. The lowest BCUT2D eigenvalue weighted by Crippen LogP contribution is -2.20. The molecule has 0 saturated carbocycles. The fourth-order valence-corrected chi connectivity index (χ4v) is 2.41. The van der Waals surface area contributed by atoms with Crippen molar-refractivity contribution >= 4 is 0 Å². The lowest BCUT2D eigenvalue weighted by atomic mass is 9.96. The van der Waals surface area contributed by atoms with Gasteiger partial charge in [0.25, 0.3) is 0 Å². The molecule has 92 valence electrons. The van der Waals surface area contributed by atoms with Crippen molar-refractivity contribution in [1.82, 2.24) is 0 Å². The molecule has 1 atom stereocenters. The Bertz CT molecular complexity index is 536. The fraction of sp³-hybridized carbons (Fsp3) is 0.250. The molecule has 1 heterocycles. The van der Waals surface area contributed by atoms with E-state index < -0.39 is 0 Å². The highest BCUT2D eigenvalue weighted by Crippen LogP contribution is 2.31. The van der Waals surface area contributed by atoms with Gasteiger partial charge < -0.3 is 10.5 Å².